The Labute approximate surface area is 102 Å². The van der Waals surface area contributed by atoms with E-state index in [9.17, 15) is 9.59 Å². The number of nitrogens with zero attached hydrogens (tertiary/aromatic N) is 1. The van der Waals surface area contributed by atoms with Crippen LogP contribution in [-0.2, 0) is 9.59 Å². The van der Waals surface area contributed by atoms with Gasteiger partial charge in [0.05, 0.1) is 0 Å². The van der Waals surface area contributed by atoms with Gasteiger partial charge in [-0.25, -0.2) is 0 Å². The van der Waals surface area contributed by atoms with E-state index in [2.05, 4.69) is 11.9 Å². The van der Waals surface area contributed by atoms with Crippen LogP contribution in [0.2, 0.25) is 0 Å². The minimum absolute atomic E-state index is 0.0469. The van der Waals surface area contributed by atoms with Crippen LogP contribution in [0.25, 0.3) is 0 Å². The topological polar surface area (TPSA) is 75.4 Å². The molecule has 0 saturated carbocycles. The van der Waals surface area contributed by atoms with Crippen molar-refractivity contribution in [1.82, 2.24) is 10.2 Å². The summed E-state index contributed by atoms with van der Waals surface area (Å²) in [4.78, 5) is 24.9. The van der Waals surface area contributed by atoms with E-state index in [0.29, 0.717) is 19.6 Å². The summed E-state index contributed by atoms with van der Waals surface area (Å²) in [7, 11) is 0. The summed E-state index contributed by atoms with van der Waals surface area (Å²) in [5.41, 5.74) is 5.76. The summed E-state index contributed by atoms with van der Waals surface area (Å²) in [6.07, 6.45) is 3.85. The highest BCUT2D eigenvalue weighted by atomic mass is 16.2. The Hall–Kier alpha value is -1.36. The first kappa shape index (κ1) is 13.7. The monoisotopic (exact) mass is 239 g/mol. The Morgan fingerprint density at radius 3 is 2.59 bits per heavy atom. The Bertz CT molecular complexity index is 283. The molecule has 1 saturated heterocycles. The molecule has 0 aromatic rings. The van der Waals surface area contributed by atoms with Crippen molar-refractivity contribution >= 4 is 11.8 Å². The summed E-state index contributed by atoms with van der Waals surface area (Å²) < 4.78 is 0. The van der Waals surface area contributed by atoms with Crippen molar-refractivity contribution < 1.29 is 9.59 Å². The lowest BCUT2D eigenvalue weighted by atomic mass is 10.1. The van der Waals surface area contributed by atoms with Gasteiger partial charge in [-0.1, -0.05) is 6.08 Å². The first-order valence-electron chi connectivity index (χ1n) is 6.04. The lowest BCUT2D eigenvalue weighted by molar-refractivity contribution is -0.134. The summed E-state index contributed by atoms with van der Waals surface area (Å²) in [5, 5.41) is 2.65. The van der Waals surface area contributed by atoms with Crippen molar-refractivity contribution in [3.05, 3.63) is 12.7 Å². The second-order valence-electron chi connectivity index (χ2n) is 4.31. The molecule has 0 spiro atoms. The zero-order valence-electron chi connectivity index (χ0n) is 10.2. The molecule has 1 rings (SSSR count). The van der Waals surface area contributed by atoms with Crippen molar-refractivity contribution in [2.45, 2.75) is 31.7 Å². The minimum Gasteiger partial charge on any atom is -0.353 e. The van der Waals surface area contributed by atoms with Crippen molar-refractivity contribution in [3.8, 4) is 0 Å². The third kappa shape index (κ3) is 4.99. The molecule has 0 aromatic heterocycles. The number of carbonyl (C=O) groups excluding carboxylic acids is 2. The fraction of sp³-hybridized carbons (Fsp3) is 0.667. The van der Waals surface area contributed by atoms with Gasteiger partial charge in [0.15, 0.2) is 0 Å². The number of nitrogens with one attached hydrogen (secondary N) is 1. The number of nitrogens with two attached hydrogens (primary N) is 1. The van der Waals surface area contributed by atoms with Gasteiger partial charge in [-0.15, -0.1) is 6.58 Å². The number of rotatable bonds is 5. The van der Waals surface area contributed by atoms with Crippen molar-refractivity contribution in [2.75, 3.05) is 19.6 Å². The SMILES string of the molecule is C=CCNC(=O)CCC(=O)N1CCC(N)CC1. The Balaban J connectivity index is 2.20. The van der Waals surface area contributed by atoms with Crippen molar-refractivity contribution in [2.24, 2.45) is 5.73 Å². The molecule has 1 fully saturated rings. The standard InChI is InChI=1S/C12H21N3O2/c1-2-7-14-11(16)3-4-12(17)15-8-5-10(13)6-9-15/h2,10H,1,3-9,13H2,(H,14,16). The molecule has 3 N–H and O–H groups in total. The van der Waals surface area contributed by atoms with Crippen LogP contribution >= 0.6 is 0 Å². The minimum atomic E-state index is -0.105. The highest BCUT2D eigenvalue weighted by Gasteiger charge is 2.20. The molecule has 0 radical (unpaired) electrons. The van der Waals surface area contributed by atoms with Crippen molar-refractivity contribution in [3.63, 3.8) is 0 Å². The van der Waals surface area contributed by atoms with Gasteiger partial charge in [0.2, 0.25) is 11.8 Å². The highest BCUT2D eigenvalue weighted by molar-refractivity contribution is 5.83. The molecule has 96 valence electrons. The Kier molecular flexibility index (Phi) is 5.69. The van der Waals surface area contributed by atoms with Gasteiger partial charge in [0.25, 0.3) is 0 Å². The van der Waals surface area contributed by atoms with Gasteiger partial charge < -0.3 is 16.0 Å². The second kappa shape index (κ2) is 7.06. The highest BCUT2D eigenvalue weighted by Crippen LogP contribution is 2.10. The molecule has 5 nitrogen and oxygen atoms in total. The number of hydrogen-bond acceptors (Lipinski definition) is 3. The molecule has 1 aliphatic rings. The molecule has 0 aromatic carbocycles. The maximum atomic E-state index is 11.8. The first-order valence-corrected chi connectivity index (χ1v) is 6.04. The number of carbonyl (C=O) groups is 2. The summed E-state index contributed by atoms with van der Waals surface area (Å²) in [6, 6.07) is 0.218. The Morgan fingerprint density at radius 1 is 1.35 bits per heavy atom. The predicted molar refractivity (Wildman–Crippen MR) is 66.2 cm³/mol. The van der Waals surface area contributed by atoms with Crippen LogP contribution in [0.5, 0.6) is 0 Å². The van der Waals surface area contributed by atoms with E-state index in [-0.39, 0.29) is 30.7 Å². The van der Waals surface area contributed by atoms with Gasteiger partial charge in [0.1, 0.15) is 0 Å². The molecule has 0 aliphatic carbocycles. The summed E-state index contributed by atoms with van der Waals surface area (Å²) >= 11 is 0. The van der Waals surface area contributed by atoms with Crippen LogP contribution in [0.3, 0.4) is 0 Å². The average Bonchev–Trinajstić information content (AvgIpc) is 2.34. The van der Waals surface area contributed by atoms with E-state index < -0.39 is 0 Å². The molecular formula is C12H21N3O2. The predicted octanol–water partition coefficient (Wildman–Crippen LogP) is 0.0185. The lowest BCUT2D eigenvalue weighted by Crippen LogP contribution is -2.43. The van der Waals surface area contributed by atoms with E-state index >= 15 is 0 Å². The first-order chi connectivity index (χ1) is 8.13. The molecule has 1 heterocycles. The van der Waals surface area contributed by atoms with E-state index in [1.807, 2.05) is 0 Å². The number of piperidine rings is 1. The van der Waals surface area contributed by atoms with Gasteiger partial charge in [-0.2, -0.15) is 0 Å². The van der Waals surface area contributed by atoms with Gasteiger partial charge in [-0.05, 0) is 12.8 Å². The normalized spacial score (nSPS) is 16.6. The third-order valence-corrected chi connectivity index (χ3v) is 2.90. The Morgan fingerprint density at radius 2 is 2.00 bits per heavy atom. The van der Waals surface area contributed by atoms with Crippen LogP contribution in [0.4, 0.5) is 0 Å². The fourth-order valence-corrected chi connectivity index (χ4v) is 1.80. The van der Waals surface area contributed by atoms with E-state index in [1.165, 1.54) is 0 Å². The third-order valence-electron chi connectivity index (χ3n) is 2.90. The summed E-state index contributed by atoms with van der Waals surface area (Å²) in [6.45, 7) is 5.39. The maximum Gasteiger partial charge on any atom is 0.223 e. The second-order valence-corrected chi connectivity index (χ2v) is 4.31. The molecule has 17 heavy (non-hydrogen) atoms. The van der Waals surface area contributed by atoms with Crippen LogP contribution in [-0.4, -0.2) is 42.4 Å². The van der Waals surface area contributed by atoms with E-state index in [4.69, 9.17) is 5.73 Å². The quantitative estimate of drug-likeness (QED) is 0.664. The van der Waals surface area contributed by atoms with Crippen LogP contribution in [0.15, 0.2) is 12.7 Å². The largest absolute Gasteiger partial charge is 0.353 e. The molecule has 5 heteroatoms. The fourth-order valence-electron chi connectivity index (χ4n) is 1.80. The lowest BCUT2D eigenvalue weighted by Gasteiger charge is -2.30. The molecule has 0 unspecified atom stereocenters. The van der Waals surface area contributed by atoms with Gasteiger partial charge in [-0.3, -0.25) is 9.59 Å². The van der Waals surface area contributed by atoms with E-state index in [1.54, 1.807) is 11.0 Å². The molecule has 0 atom stereocenters. The zero-order chi connectivity index (χ0) is 12.7. The van der Waals surface area contributed by atoms with E-state index in [0.717, 1.165) is 12.8 Å². The molecular weight excluding hydrogens is 218 g/mol. The molecule has 2 amide bonds. The van der Waals surface area contributed by atoms with Crippen LogP contribution in [0.1, 0.15) is 25.7 Å². The summed E-state index contributed by atoms with van der Waals surface area (Å²) in [5.74, 6) is -0.0578. The smallest absolute Gasteiger partial charge is 0.223 e. The van der Waals surface area contributed by atoms with Gasteiger partial charge in [0, 0.05) is 38.5 Å². The van der Waals surface area contributed by atoms with Crippen molar-refractivity contribution in [1.29, 1.82) is 0 Å². The zero-order valence-corrected chi connectivity index (χ0v) is 10.2. The van der Waals surface area contributed by atoms with Gasteiger partial charge >= 0.3 is 0 Å². The van der Waals surface area contributed by atoms with Crippen LogP contribution < -0.4 is 11.1 Å². The molecule has 1 aliphatic heterocycles. The van der Waals surface area contributed by atoms with Crippen LogP contribution in [0, 0.1) is 0 Å². The maximum absolute atomic E-state index is 11.8. The average molecular weight is 239 g/mol. The number of hydrogen-bond donors (Lipinski definition) is 2. The molecule has 0 bridgehead atoms. The number of amides is 2. The number of likely N-dealkylation sites (tertiary alicyclic amines) is 1.